The van der Waals surface area contributed by atoms with Gasteiger partial charge < -0.3 is 16.8 Å². The molecule has 0 saturated carbocycles. The Kier molecular flexibility index (Phi) is 5.55. The van der Waals surface area contributed by atoms with Crippen molar-refractivity contribution in [3.8, 4) is 0 Å². The molecule has 0 bridgehead atoms. The predicted octanol–water partition coefficient (Wildman–Crippen LogP) is 2.53. The fourth-order valence-electron chi connectivity index (χ4n) is 2.18. The summed E-state index contributed by atoms with van der Waals surface area (Å²) in [6.07, 6.45) is 5.89. The van der Waals surface area contributed by atoms with E-state index < -0.39 is 0 Å². The number of nitrogen functional groups attached to an aromatic ring is 1. The van der Waals surface area contributed by atoms with Crippen LogP contribution in [0.3, 0.4) is 0 Å². The van der Waals surface area contributed by atoms with Crippen LogP contribution in [0.2, 0.25) is 0 Å². The molecule has 108 valence electrons. The molecule has 0 aliphatic rings. The van der Waals surface area contributed by atoms with Gasteiger partial charge in [0.25, 0.3) is 0 Å². The fraction of sp³-hybridized carbons (Fsp3) is 0.467. The molecule has 1 heterocycles. The van der Waals surface area contributed by atoms with Crippen LogP contribution in [0, 0.1) is 0 Å². The minimum absolute atomic E-state index is 0.529. The minimum Gasteiger partial charge on any atom is -0.383 e. The lowest BCUT2D eigenvalue weighted by molar-refractivity contribution is 0.628. The normalized spacial score (nSPS) is 10.8. The van der Waals surface area contributed by atoms with Crippen molar-refractivity contribution < 1.29 is 0 Å². The largest absolute Gasteiger partial charge is 0.383 e. The third kappa shape index (κ3) is 4.06. The highest BCUT2D eigenvalue weighted by atomic mass is 15.1. The molecule has 5 nitrogen and oxygen atoms in total. The van der Waals surface area contributed by atoms with E-state index in [1.807, 2.05) is 24.3 Å². The van der Waals surface area contributed by atoms with Gasteiger partial charge in [0, 0.05) is 11.9 Å². The second-order valence-electron chi connectivity index (χ2n) is 4.93. The van der Waals surface area contributed by atoms with Crippen molar-refractivity contribution in [3.63, 3.8) is 0 Å². The zero-order chi connectivity index (χ0) is 14.2. The van der Waals surface area contributed by atoms with Gasteiger partial charge in [-0.1, -0.05) is 31.4 Å². The lowest BCUT2D eigenvalue weighted by Gasteiger charge is -2.07. The smallest absolute Gasteiger partial charge is 0.225 e. The second kappa shape index (κ2) is 7.65. The summed E-state index contributed by atoms with van der Waals surface area (Å²) in [4.78, 5) is 8.75. The Labute approximate surface area is 119 Å². The molecule has 0 amide bonds. The number of hydrogen-bond acceptors (Lipinski definition) is 5. The predicted molar refractivity (Wildman–Crippen MR) is 84.6 cm³/mol. The van der Waals surface area contributed by atoms with Crippen LogP contribution >= 0.6 is 0 Å². The Morgan fingerprint density at radius 1 is 0.950 bits per heavy atom. The molecule has 20 heavy (non-hydrogen) atoms. The molecule has 0 atom stereocenters. The lowest BCUT2D eigenvalue weighted by Crippen LogP contribution is -2.07. The maximum Gasteiger partial charge on any atom is 0.225 e. The number of nitrogens with zero attached hydrogens (tertiary/aromatic N) is 2. The standard InChI is InChI=1S/C15H23N5/c16-10-6-2-1-3-7-11-18-15-19-13-9-5-4-8-12(13)14(17)20-15/h4-5,8-9H,1-3,6-7,10-11,16H2,(H3,17,18,19,20). The number of rotatable bonds is 8. The van der Waals surface area contributed by atoms with Crippen molar-refractivity contribution in [1.82, 2.24) is 9.97 Å². The number of anilines is 2. The summed E-state index contributed by atoms with van der Waals surface area (Å²) in [6, 6.07) is 7.78. The van der Waals surface area contributed by atoms with Crippen molar-refractivity contribution in [2.75, 3.05) is 24.1 Å². The first-order valence-electron chi connectivity index (χ1n) is 7.27. The lowest BCUT2D eigenvalue weighted by atomic mass is 10.1. The number of hydrogen-bond donors (Lipinski definition) is 3. The first kappa shape index (κ1) is 14.5. The first-order chi connectivity index (χ1) is 9.81. The van der Waals surface area contributed by atoms with Gasteiger partial charge in [-0.25, -0.2) is 4.98 Å². The van der Waals surface area contributed by atoms with Crippen LogP contribution in [-0.4, -0.2) is 23.1 Å². The summed E-state index contributed by atoms with van der Waals surface area (Å²) in [5.74, 6) is 1.14. The Morgan fingerprint density at radius 3 is 2.55 bits per heavy atom. The number of nitrogens with one attached hydrogen (secondary N) is 1. The van der Waals surface area contributed by atoms with E-state index in [9.17, 15) is 0 Å². The number of unbranched alkanes of at least 4 members (excludes halogenated alkanes) is 4. The molecule has 5 N–H and O–H groups in total. The van der Waals surface area contributed by atoms with Crippen LogP contribution < -0.4 is 16.8 Å². The maximum absolute atomic E-state index is 5.94. The van der Waals surface area contributed by atoms with Gasteiger partial charge in [-0.3, -0.25) is 0 Å². The van der Waals surface area contributed by atoms with Crippen molar-refractivity contribution in [1.29, 1.82) is 0 Å². The molecule has 0 radical (unpaired) electrons. The second-order valence-corrected chi connectivity index (χ2v) is 4.93. The summed E-state index contributed by atoms with van der Waals surface area (Å²) in [6.45, 7) is 1.67. The number of aromatic nitrogens is 2. The summed E-state index contributed by atoms with van der Waals surface area (Å²) >= 11 is 0. The van der Waals surface area contributed by atoms with Gasteiger partial charge >= 0.3 is 0 Å². The Morgan fingerprint density at radius 2 is 1.70 bits per heavy atom. The molecule has 0 fully saturated rings. The highest BCUT2D eigenvalue weighted by Gasteiger charge is 2.03. The van der Waals surface area contributed by atoms with E-state index in [0.29, 0.717) is 11.8 Å². The third-order valence-corrected chi connectivity index (χ3v) is 3.30. The van der Waals surface area contributed by atoms with Crippen LogP contribution in [-0.2, 0) is 0 Å². The monoisotopic (exact) mass is 273 g/mol. The summed E-state index contributed by atoms with van der Waals surface area (Å²) in [5.41, 5.74) is 12.3. The van der Waals surface area contributed by atoms with Gasteiger partial charge in [-0.15, -0.1) is 0 Å². The Hall–Kier alpha value is -1.88. The summed E-state index contributed by atoms with van der Waals surface area (Å²) in [7, 11) is 0. The van der Waals surface area contributed by atoms with Crippen LogP contribution in [0.25, 0.3) is 10.9 Å². The highest BCUT2D eigenvalue weighted by molar-refractivity contribution is 5.88. The van der Waals surface area contributed by atoms with E-state index >= 15 is 0 Å². The molecule has 5 heteroatoms. The van der Waals surface area contributed by atoms with E-state index in [1.165, 1.54) is 19.3 Å². The zero-order valence-electron chi connectivity index (χ0n) is 11.8. The topological polar surface area (TPSA) is 89.8 Å². The van der Waals surface area contributed by atoms with Gasteiger partial charge in [0.15, 0.2) is 0 Å². The molecular formula is C15H23N5. The fourth-order valence-corrected chi connectivity index (χ4v) is 2.18. The van der Waals surface area contributed by atoms with Crippen molar-refractivity contribution >= 4 is 22.7 Å². The van der Waals surface area contributed by atoms with E-state index in [-0.39, 0.29) is 0 Å². The number of nitrogens with two attached hydrogens (primary N) is 2. The Bertz CT molecular complexity index is 541. The van der Waals surface area contributed by atoms with Crippen LogP contribution in [0.5, 0.6) is 0 Å². The SMILES string of the molecule is NCCCCCCCNc1nc(N)c2ccccc2n1. The molecule has 0 aliphatic carbocycles. The van der Waals surface area contributed by atoms with Crippen molar-refractivity contribution in [2.24, 2.45) is 5.73 Å². The molecule has 0 unspecified atom stereocenters. The molecule has 2 rings (SSSR count). The number of fused-ring (bicyclic) bond motifs is 1. The molecular weight excluding hydrogens is 250 g/mol. The Balaban J connectivity index is 1.81. The molecule has 2 aromatic rings. The van der Waals surface area contributed by atoms with Crippen molar-refractivity contribution in [2.45, 2.75) is 32.1 Å². The number of benzene rings is 1. The van der Waals surface area contributed by atoms with Gasteiger partial charge in [-0.2, -0.15) is 4.98 Å². The van der Waals surface area contributed by atoms with Gasteiger partial charge in [0.1, 0.15) is 5.82 Å². The summed E-state index contributed by atoms with van der Waals surface area (Å²) < 4.78 is 0. The summed E-state index contributed by atoms with van der Waals surface area (Å²) in [5, 5.41) is 4.14. The number of para-hydroxylation sites is 1. The third-order valence-electron chi connectivity index (χ3n) is 3.30. The molecule has 1 aromatic heterocycles. The molecule has 0 spiro atoms. The minimum atomic E-state index is 0.529. The molecule has 0 saturated heterocycles. The average Bonchev–Trinajstić information content (AvgIpc) is 2.46. The van der Waals surface area contributed by atoms with Crippen LogP contribution in [0.1, 0.15) is 32.1 Å². The molecule has 1 aromatic carbocycles. The van der Waals surface area contributed by atoms with Crippen molar-refractivity contribution in [3.05, 3.63) is 24.3 Å². The highest BCUT2D eigenvalue weighted by Crippen LogP contribution is 2.18. The van der Waals surface area contributed by atoms with Crippen LogP contribution in [0.4, 0.5) is 11.8 Å². The van der Waals surface area contributed by atoms with E-state index in [4.69, 9.17) is 11.5 Å². The quantitative estimate of drug-likeness (QED) is 0.643. The van der Waals surface area contributed by atoms with Crippen LogP contribution in [0.15, 0.2) is 24.3 Å². The zero-order valence-corrected chi connectivity index (χ0v) is 11.8. The van der Waals surface area contributed by atoms with E-state index in [0.717, 1.165) is 36.8 Å². The first-order valence-corrected chi connectivity index (χ1v) is 7.27. The van der Waals surface area contributed by atoms with E-state index in [2.05, 4.69) is 15.3 Å². The van der Waals surface area contributed by atoms with Gasteiger partial charge in [0.2, 0.25) is 5.95 Å². The maximum atomic E-state index is 5.94. The molecule has 0 aliphatic heterocycles. The van der Waals surface area contributed by atoms with Gasteiger partial charge in [0.05, 0.1) is 5.52 Å². The van der Waals surface area contributed by atoms with E-state index in [1.54, 1.807) is 0 Å². The average molecular weight is 273 g/mol. The van der Waals surface area contributed by atoms with Gasteiger partial charge in [-0.05, 0) is 31.5 Å².